The van der Waals surface area contributed by atoms with E-state index in [4.69, 9.17) is 0 Å². The molecular formula is C20H23N3O5S2. The smallest absolute Gasteiger partial charge is 0.261 e. The quantitative estimate of drug-likeness (QED) is 0.729. The summed E-state index contributed by atoms with van der Waals surface area (Å²) in [6.07, 6.45) is 2.93. The van der Waals surface area contributed by atoms with E-state index in [0.717, 1.165) is 19.3 Å². The molecule has 8 nitrogen and oxygen atoms in total. The third-order valence-electron chi connectivity index (χ3n) is 5.32. The fraction of sp³-hybridized carbons (Fsp3) is 0.350. The number of amides is 1. The number of anilines is 2. The third kappa shape index (κ3) is 4.07. The van der Waals surface area contributed by atoms with Gasteiger partial charge in [0.25, 0.3) is 10.0 Å². The SMILES string of the molecule is O=C1CCCN1c1cccc(NS(=O)(=O)c2ccc(S(=O)(=O)N3CCCC3)cc2)c1. The minimum absolute atomic E-state index is 0.0183. The molecule has 2 saturated heterocycles. The molecule has 0 bridgehead atoms. The van der Waals surface area contributed by atoms with Crippen molar-refractivity contribution in [1.29, 1.82) is 0 Å². The van der Waals surface area contributed by atoms with Gasteiger partial charge in [0, 0.05) is 31.7 Å². The number of benzene rings is 2. The summed E-state index contributed by atoms with van der Waals surface area (Å²) in [5.74, 6) is 0.0183. The second-order valence-corrected chi connectivity index (χ2v) is 11.0. The summed E-state index contributed by atoms with van der Waals surface area (Å²) in [7, 11) is -7.51. The van der Waals surface area contributed by atoms with Crippen LogP contribution in [0.5, 0.6) is 0 Å². The van der Waals surface area contributed by atoms with Gasteiger partial charge in [0.2, 0.25) is 15.9 Å². The van der Waals surface area contributed by atoms with E-state index >= 15 is 0 Å². The molecule has 2 aromatic rings. The van der Waals surface area contributed by atoms with Gasteiger partial charge in [-0.3, -0.25) is 9.52 Å². The number of hydrogen-bond donors (Lipinski definition) is 1. The molecule has 0 aromatic heterocycles. The molecule has 2 aliphatic heterocycles. The van der Waals surface area contributed by atoms with Crippen molar-refractivity contribution in [3.05, 3.63) is 48.5 Å². The van der Waals surface area contributed by atoms with Gasteiger partial charge in [0.1, 0.15) is 0 Å². The van der Waals surface area contributed by atoms with E-state index in [2.05, 4.69) is 4.72 Å². The molecule has 2 fully saturated rings. The lowest BCUT2D eigenvalue weighted by Gasteiger charge is -2.17. The molecule has 2 aromatic carbocycles. The summed E-state index contributed by atoms with van der Waals surface area (Å²) in [4.78, 5) is 13.6. The normalized spacial score (nSPS) is 18.1. The number of nitrogens with one attached hydrogen (secondary N) is 1. The molecule has 0 atom stereocenters. The van der Waals surface area contributed by atoms with Crippen molar-refractivity contribution >= 4 is 37.3 Å². The first-order chi connectivity index (χ1) is 14.3. The molecule has 10 heteroatoms. The molecule has 2 aliphatic rings. The Morgan fingerprint density at radius 1 is 0.800 bits per heavy atom. The van der Waals surface area contributed by atoms with Crippen molar-refractivity contribution in [3.8, 4) is 0 Å². The van der Waals surface area contributed by atoms with Crippen molar-refractivity contribution < 1.29 is 21.6 Å². The Hall–Kier alpha value is -2.43. The van der Waals surface area contributed by atoms with Crippen molar-refractivity contribution in [1.82, 2.24) is 4.31 Å². The number of hydrogen-bond acceptors (Lipinski definition) is 5. The predicted octanol–water partition coefficient (Wildman–Crippen LogP) is 2.40. The molecule has 0 saturated carbocycles. The lowest BCUT2D eigenvalue weighted by Crippen LogP contribution is -2.27. The molecule has 2 heterocycles. The van der Waals surface area contributed by atoms with E-state index in [1.165, 1.54) is 28.6 Å². The summed E-state index contributed by atoms with van der Waals surface area (Å²) >= 11 is 0. The standard InChI is InChI=1S/C20H23N3O5S2/c24-20-7-4-14-23(20)17-6-3-5-16(15-17)21-29(25,26)18-8-10-19(11-9-18)30(27,28)22-12-1-2-13-22/h3,5-6,8-11,15,21H,1-2,4,7,12-14H2. The van der Waals surface area contributed by atoms with E-state index in [1.807, 2.05) is 0 Å². The highest BCUT2D eigenvalue weighted by Gasteiger charge is 2.28. The maximum Gasteiger partial charge on any atom is 0.261 e. The maximum atomic E-state index is 12.8. The second kappa shape index (κ2) is 8.01. The van der Waals surface area contributed by atoms with Gasteiger partial charge < -0.3 is 4.90 Å². The van der Waals surface area contributed by atoms with Crippen LogP contribution in [0.15, 0.2) is 58.3 Å². The highest BCUT2D eigenvalue weighted by atomic mass is 32.2. The van der Waals surface area contributed by atoms with E-state index in [-0.39, 0.29) is 15.7 Å². The van der Waals surface area contributed by atoms with Crippen LogP contribution in [0, 0.1) is 0 Å². The van der Waals surface area contributed by atoms with E-state index in [0.29, 0.717) is 37.4 Å². The molecule has 0 unspecified atom stereocenters. The van der Waals surface area contributed by atoms with Crippen molar-refractivity contribution in [2.24, 2.45) is 0 Å². The van der Waals surface area contributed by atoms with Crippen LogP contribution in [0.4, 0.5) is 11.4 Å². The van der Waals surface area contributed by atoms with Gasteiger partial charge in [0.05, 0.1) is 15.5 Å². The Labute approximate surface area is 176 Å². The molecule has 1 N–H and O–H groups in total. The first-order valence-corrected chi connectivity index (χ1v) is 12.7. The molecule has 0 spiro atoms. The lowest BCUT2D eigenvalue weighted by atomic mass is 10.2. The number of carbonyl (C=O) groups excluding carboxylic acids is 1. The van der Waals surface area contributed by atoms with Crippen LogP contribution in [0.25, 0.3) is 0 Å². The summed E-state index contributed by atoms with van der Waals surface area (Å²) in [5.41, 5.74) is 0.978. The van der Waals surface area contributed by atoms with Crippen molar-refractivity contribution in [2.75, 3.05) is 29.3 Å². The van der Waals surface area contributed by atoms with Gasteiger partial charge in [-0.05, 0) is 61.7 Å². The Morgan fingerprint density at radius 3 is 2.10 bits per heavy atom. The fourth-order valence-electron chi connectivity index (χ4n) is 3.74. The van der Waals surface area contributed by atoms with Gasteiger partial charge in [-0.2, -0.15) is 4.31 Å². The van der Waals surface area contributed by atoms with Crippen LogP contribution in [-0.2, 0) is 24.8 Å². The van der Waals surface area contributed by atoms with E-state index in [1.54, 1.807) is 29.2 Å². The van der Waals surface area contributed by atoms with Crippen LogP contribution in [0.2, 0.25) is 0 Å². The monoisotopic (exact) mass is 449 g/mol. The molecule has 30 heavy (non-hydrogen) atoms. The summed E-state index contributed by atoms with van der Waals surface area (Å²) in [6, 6.07) is 11.9. The number of carbonyl (C=O) groups is 1. The van der Waals surface area contributed by atoms with Crippen LogP contribution in [-0.4, -0.2) is 46.7 Å². The van der Waals surface area contributed by atoms with Gasteiger partial charge in [-0.25, -0.2) is 16.8 Å². The van der Waals surface area contributed by atoms with Crippen LogP contribution in [0.3, 0.4) is 0 Å². The predicted molar refractivity (Wildman–Crippen MR) is 113 cm³/mol. The minimum atomic E-state index is -3.91. The lowest BCUT2D eigenvalue weighted by molar-refractivity contribution is -0.117. The average molecular weight is 450 g/mol. The topological polar surface area (TPSA) is 104 Å². The van der Waals surface area contributed by atoms with E-state index < -0.39 is 20.0 Å². The van der Waals surface area contributed by atoms with Gasteiger partial charge in [0.15, 0.2) is 0 Å². The zero-order chi connectivity index (χ0) is 21.4. The molecule has 0 radical (unpaired) electrons. The molecular weight excluding hydrogens is 426 g/mol. The zero-order valence-electron chi connectivity index (χ0n) is 16.3. The maximum absolute atomic E-state index is 12.8. The number of nitrogens with zero attached hydrogens (tertiary/aromatic N) is 2. The van der Waals surface area contributed by atoms with Crippen LogP contribution < -0.4 is 9.62 Å². The van der Waals surface area contributed by atoms with Gasteiger partial charge in [-0.15, -0.1) is 0 Å². The molecule has 4 rings (SSSR count). The zero-order valence-corrected chi connectivity index (χ0v) is 18.0. The van der Waals surface area contributed by atoms with Crippen molar-refractivity contribution in [2.45, 2.75) is 35.5 Å². The summed E-state index contributed by atoms with van der Waals surface area (Å²) < 4.78 is 54.7. The molecule has 160 valence electrons. The number of sulfonamides is 2. The molecule has 1 amide bonds. The Balaban J connectivity index is 1.53. The largest absolute Gasteiger partial charge is 0.312 e. The number of rotatable bonds is 6. The summed E-state index contributed by atoms with van der Waals surface area (Å²) in [6.45, 7) is 1.58. The highest BCUT2D eigenvalue weighted by molar-refractivity contribution is 7.92. The minimum Gasteiger partial charge on any atom is -0.312 e. The molecule has 0 aliphatic carbocycles. The van der Waals surface area contributed by atoms with Gasteiger partial charge in [-0.1, -0.05) is 6.07 Å². The highest BCUT2D eigenvalue weighted by Crippen LogP contribution is 2.27. The third-order valence-corrected chi connectivity index (χ3v) is 8.63. The summed E-state index contributed by atoms with van der Waals surface area (Å²) in [5, 5.41) is 0. The average Bonchev–Trinajstić information content (AvgIpc) is 3.40. The van der Waals surface area contributed by atoms with E-state index in [9.17, 15) is 21.6 Å². The second-order valence-electron chi connectivity index (χ2n) is 7.39. The fourth-order valence-corrected chi connectivity index (χ4v) is 6.31. The van der Waals surface area contributed by atoms with Crippen LogP contribution >= 0.6 is 0 Å². The van der Waals surface area contributed by atoms with Crippen LogP contribution in [0.1, 0.15) is 25.7 Å². The Bertz CT molecular complexity index is 1160. The Kier molecular flexibility index (Phi) is 5.56. The Morgan fingerprint density at radius 2 is 1.47 bits per heavy atom. The van der Waals surface area contributed by atoms with Crippen molar-refractivity contribution in [3.63, 3.8) is 0 Å². The first-order valence-electron chi connectivity index (χ1n) is 9.81. The first kappa shape index (κ1) is 20.8. The van der Waals surface area contributed by atoms with Gasteiger partial charge >= 0.3 is 0 Å².